The first-order chi connectivity index (χ1) is 11.1. The third-order valence-electron chi connectivity index (χ3n) is 3.32. The quantitative estimate of drug-likeness (QED) is 0.816. The van der Waals surface area contributed by atoms with Gasteiger partial charge in [-0.15, -0.1) is 0 Å². The minimum Gasteiger partial charge on any atom is -0.497 e. The Morgan fingerprint density at radius 2 is 2.17 bits per heavy atom. The molecule has 124 valence electrons. The number of hydrogen-bond donors (Lipinski definition) is 2. The molecule has 0 radical (unpaired) electrons. The van der Waals surface area contributed by atoms with Gasteiger partial charge in [0.25, 0.3) is 0 Å². The summed E-state index contributed by atoms with van der Waals surface area (Å²) in [7, 11) is 3.19. The topological polar surface area (TPSA) is 77.4 Å². The zero-order valence-electron chi connectivity index (χ0n) is 13.6. The molecular formula is C16H22N4O3. The van der Waals surface area contributed by atoms with E-state index in [2.05, 4.69) is 15.7 Å². The number of nitrogens with zero attached hydrogens (tertiary/aromatic N) is 2. The van der Waals surface area contributed by atoms with Gasteiger partial charge in [0.1, 0.15) is 11.5 Å². The van der Waals surface area contributed by atoms with Crippen molar-refractivity contribution in [1.29, 1.82) is 0 Å². The molecule has 2 amide bonds. The summed E-state index contributed by atoms with van der Waals surface area (Å²) < 4.78 is 12.3. The van der Waals surface area contributed by atoms with E-state index < -0.39 is 0 Å². The third-order valence-corrected chi connectivity index (χ3v) is 3.32. The summed E-state index contributed by atoms with van der Waals surface area (Å²) >= 11 is 0. The van der Waals surface area contributed by atoms with Crippen LogP contribution in [0.15, 0.2) is 36.7 Å². The second-order valence-electron chi connectivity index (χ2n) is 5.13. The van der Waals surface area contributed by atoms with Crippen molar-refractivity contribution in [2.75, 3.05) is 14.2 Å². The Labute approximate surface area is 135 Å². The number of carbonyl (C=O) groups excluding carboxylic acids is 1. The lowest BCUT2D eigenvalue weighted by molar-refractivity contribution is 0.235. The predicted octanol–water partition coefficient (Wildman–Crippen LogP) is 1.79. The summed E-state index contributed by atoms with van der Waals surface area (Å²) in [5, 5.41) is 9.81. The third kappa shape index (κ3) is 4.91. The van der Waals surface area contributed by atoms with Crippen molar-refractivity contribution in [3.8, 4) is 11.5 Å². The number of carbonyl (C=O) groups is 1. The molecular weight excluding hydrogens is 296 g/mol. The number of aromatic nitrogens is 2. The van der Waals surface area contributed by atoms with Crippen molar-refractivity contribution in [2.24, 2.45) is 0 Å². The average Bonchev–Trinajstić information content (AvgIpc) is 3.05. The van der Waals surface area contributed by atoms with E-state index in [0.29, 0.717) is 18.8 Å². The molecule has 0 spiro atoms. The minimum atomic E-state index is -0.241. The molecule has 23 heavy (non-hydrogen) atoms. The summed E-state index contributed by atoms with van der Waals surface area (Å²) in [5.74, 6) is 1.42. The van der Waals surface area contributed by atoms with Gasteiger partial charge in [-0.1, -0.05) is 0 Å². The monoisotopic (exact) mass is 318 g/mol. The first-order valence-electron chi connectivity index (χ1n) is 7.35. The van der Waals surface area contributed by atoms with E-state index in [-0.39, 0.29) is 12.1 Å². The van der Waals surface area contributed by atoms with Crippen LogP contribution in [0.2, 0.25) is 0 Å². The fourth-order valence-electron chi connectivity index (χ4n) is 2.21. The summed E-state index contributed by atoms with van der Waals surface area (Å²) in [6.45, 7) is 2.89. The minimum absolute atomic E-state index is 0.0397. The largest absolute Gasteiger partial charge is 0.497 e. The van der Waals surface area contributed by atoms with Gasteiger partial charge in [-0.25, -0.2) is 4.79 Å². The number of hydrogen-bond acceptors (Lipinski definition) is 4. The van der Waals surface area contributed by atoms with E-state index in [4.69, 9.17) is 9.47 Å². The van der Waals surface area contributed by atoms with Crippen LogP contribution in [0.1, 0.15) is 12.5 Å². The first kappa shape index (κ1) is 16.7. The van der Waals surface area contributed by atoms with Crippen molar-refractivity contribution >= 4 is 6.03 Å². The van der Waals surface area contributed by atoms with Gasteiger partial charge < -0.3 is 20.1 Å². The molecule has 0 bridgehead atoms. The van der Waals surface area contributed by atoms with E-state index >= 15 is 0 Å². The van der Waals surface area contributed by atoms with Crippen LogP contribution in [-0.2, 0) is 13.1 Å². The molecule has 2 rings (SSSR count). The Morgan fingerprint density at radius 3 is 2.83 bits per heavy atom. The van der Waals surface area contributed by atoms with E-state index in [1.807, 2.05) is 37.4 Å². The van der Waals surface area contributed by atoms with Crippen molar-refractivity contribution in [2.45, 2.75) is 26.1 Å². The summed E-state index contributed by atoms with van der Waals surface area (Å²) in [5.41, 5.74) is 0.849. The SMILES string of the molecule is COc1ccc(OC)c(CNC(=O)N[C@H](C)Cn2cccn2)c1. The second-order valence-corrected chi connectivity index (χ2v) is 5.13. The van der Waals surface area contributed by atoms with Crippen LogP contribution in [0.25, 0.3) is 0 Å². The lowest BCUT2D eigenvalue weighted by Gasteiger charge is -2.16. The Bertz CT molecular complexity index is 628. The van der Waals surface area contributed by atoms with Crippen LogP contribution in [0.3, 0.4) is 0 Å². The lowest BCUT2D eigenvalue weighted by Crippen LogP contribution is -2.42. The van der Waals surface area contributed by atoms with E-state index in [0.717, 1.165) is 11.3 Å². The average molecular weight is 318 g/mol. The first-order valence-corrected chi connectivity index (χ1v) is 7.35. The van der Waals surface area contributed by atoms with Crippen LogP contribution >= 0.6 is 0 Å². The molecule has 2 aromatic rings. The normalized spacial score (nSPS) is 11.6. The number of urea groups is 1. The molecule has 0 fully saturated rings. The van der Waals surface area contributed by atoms with Crippen LogP contribution < -0.4 is 20.1 Å². The number of ether oxygens (including phenoxy) is 2. The highest BCUT2D eigenvalue weighted by molar-refractivity contribution is 5.74. The van der Waals surface area contributed by atoms with Crippen molar-refractivity contribution in [3.63, 3.8) is 0 Å². The van der Waals surface area contributed by atoms with Crippen LogP contribution in [-0.4, -0.2) is 36.1 Å². The molecule has 1 aromatic heterocycles. The Kier molecular flexibility index (Phi) is 5.85. The number of rotatable bonds is 7. The number of amides is 2. The van der Waals surface area contributed by atoms with E-state index in [1.54, 1.807) is 25.1 Å². The summed E-state index contributed by atoms with van der Waals surface area (Å²) in [4.78, 5) is 12.0. The number of nitrogens with one attached hydrogen (secondary N) is 2. The van der Waals surface area contributed by atoms with Crippen LogP contribution in [0.4, 0.5) is 4.79 Å². The maximum absolute atomic E-state index is 12.0. The van der Waals surface area contributed by atoms with E-state index in [1.165, 1.54) is 0 Å². The lowest BCUT2D eigenvalue weighted by atomic mass is 10.2. The zero-order valence-corrected chi connectivity index (χ0v) is 13.6. The van der Waals surface area contributed by atoms with Crippen molar-refractivity contribution in [1.82, 2.24) is 20.4 Å². The van der Waals surface area contributed by atoms with Gasteiger partial charge in [-0.3, -0.25) is 4.68 Å². The van der Waals surface area contributed by atoms with Gasteiger partial charge in [-0.05, 0) is 31.2 Å². The van der Waals surface area contributed by atoms with Gasteiger partial charge in [0, 0.05) is 30.5 Å². The maximum Gasteiger partial charge on any atom is 0.315 e. The highest BCUT2D eigenvalue weighted by atomic mass is 16.5. The van der Waals surface area contributed by atoms with Crippen molar-refractivity contribution in [3.05, 3.63) is 42.2 Å². The van der Waals surface area contributed by atoms with Gasteiger partial charge in [0.05, 0.1) is 20.8 Å². The molecule has 0 aliphatic carbocycles. The molecule has 0 aliphatic heterocycles. The smallest absolute Gasteiger partial charge is 0.315 e. The fraction of sp³-hybridized carbons (Fsp3) is 0.375. The zero-order chi connectivity index (χ0) is 16.7. The Hall–Kier alpha value is -2.70. The molecule has 1 heterocycles. The Balaban J connectivity index is 1.86. The number of benzene rings is 1. The molecule has 7 nitrogen and oxygen atoms in total. The van der Waals surface area contributed by atoms with Crippen molar-refractivity contribution < 1.29 is 14.3 Å². The summed E-state index contributed by atoms with van der Waals surface area (Å²) in [6.07, 6.45) is 3.57. The standard InChI is InChI=1S/C16H22N4O3/c1-12(11-20-8-4-7-18-20)19-16(21)17-10-13-9-14(22-2)5-6-15(13)23-3/h4-9,12H,10-11H2,1-3H3,(H2,17,19,21)/t12-/m1/s1. The summed E-state index contributed by atoms with van der Waals surface area (Å²) in [6, 6.07) is 7.04. The van der Waals surface area contributed by atoms with Gasteiger partial charge in [0.2, 0.25) is 0 Å². The molecule has 0 saturated carbocycles. The maximum atomic E-state index is 12.0. The molecule has 2 N–H and O–H groups in total. The number of methoxy groups -OCH3 is 2. The van der Waals surface area contributed by atoms with E-state index in [9.17, 15) is 4.79 Å². The van der Waals surface area contributed by atoms with Crippen LogP contribution in [0.5, 0.6) is 11.5 Å². The van der Waals surface area contributed by atoms with Gasteiger partial charge in [0.15, 0.2) is 0 Å². The second kappa shape index (κ2) is 8.07. The molecule has 7 heteroatoms. The van der Waals surface area contributed by atoms with Crippen LogP contribution in [0, 0.1) is 0 Å². The van der Waals surface area contributed by atoms with Gasteiger partial charge in [-0.2, -0.15) is 5.10 Å². The fourth-order valence-corrected chi connectivity index (χ4v) is 2.21. The predicted molar refractivity (Wildman–Crippen MR) is 86.6 cm³/mol. The molecule has 0 saturated heterocycles. The Morgan fingerprint density at radius 1 is 1.35 bits per heavy atom. The highest BCUT2D eigenvalue weighted by Crippen LogP contribution is 2.23. The molecule has 1 atom stereocenters. The molecule has 0 aliphatic rings. The molecule has 1 aromatic carbocycles. The highest BCUT2D eigenvalue weighted by Gasteiger charge is 2.10. The molecule has 0 unspecified atom stereocenters. The van der Waals surface area contributed by atoms with Gasteiger partial charge >= 0.3 is 6.03 Å².